The molecule has 1 amide bonds. The molecule has 1 aromatic carbocycles. The van der Waals surface area contributed by atoms with Gasteiger partial charge in [0, 0.05) is 56.9 Å². The molecule has 2 aliphatic rings. The van der Waals surface area contributed by atoms with Gasteiger partial charge in [0.05, 0.1) is 6.04 Å². The summed E-state index contributed by atoms with van der Waals surface area (Å²) in [7, 11) is 2.20. The van der Waals surface area contributed by atoms with Crippen LogP contribution in [0.2, 0.25) is 5.02 Å². The summed E-state index contributed by atoms with van der Waals surface area (Å²) in [6, 6.07) is 7.60. The summed E-state index contributed by atoms with van der Waals surface area (Å²) >= 11 is 5.95. The highest BCUT2D eigenvalue weighted by molar-refractivity contribution is 6.30. The zero-order valence-corrected chi connectivity index (χ0v) is 19.5. The maximum atomic E-state index is 12.9. The molecular weight excluding hydrogens is 398 g/mol. The second-order valence-corrected chi connectivity index (χ2v) is 9.70. The summed E-state index contributed by atoms with van der Waals surface area (Å²) < 4.78 is 0. The highest BCUT2D eigenvalue weighted by atomic mass is 35.5. The van der Waals surface area contributed by atoms with E-state index in [1.165, 1.54) is 0 Å². The number of hydrogen-bond acceptors (Lipinski definition) is 5. The Bertz CT molecular complexity index is 667. The molecule has 7 heteroatoms. The van der Waals surface area contributed by atoms with Crippen molar-refractivity contribution >= 4 is 17.5 Å². The van der Waals surface area contributed by atoms with Crippen molar-refractivity contribution in [3.8, 4) is 0 Å². The van der Waals surface area contributed by atoms with E-state index < -0.39 is 6.04 Å². The number of likely N-dealkylation sites (tertiary alicyclic amines) is 1. The molecule has 0 radical (unpaired) electrons. The Labute approximate surface area is 186 Å². The molecule has 0 spiro atoms. The topological polar surface area (TPSA) is 56.1 Å². The fraction of sp³-hybridized carbons (Fsp3) is 0.696. The third-order valence-electron chi connectivity index (χ3n) is 6.28. The third-order valence-corrected chi connectivity index (χ3v) is 6.53. The fourth-order valence-corrected chi connectivity index (χ4v) is 4.63. The highest BCUT2D eigenvalue weighted by Crippen LogP contribution is 2.22. The van der Waals surface area contributed by atoms with Crippen LogP contribution in [-0.4, -0.2) is 90.7 Å². The Morgan fingerprint density at radius 1 is 1.10 bits per heavy atom. The van der Waals surface area contributed by atoms with Crippen molar-refractivity contribution in [1.82, 2.24) is 19.8 Å². The number of amides is 1. The van der Waals surface area contributed by atoms with Crippen LogP contribution in [-0.2, 0) is 11.2 Å². The molecule has 1 aromatic rings. The summed E-state index contributed by atoms with van der Waals surface area (Å²) in [5.74, 6) is 0.690. The second-order valence-electron chi connectivity index (χ2n) is 9.27. The van der Waals surface area contributed by atoms with Crippen LogP contribution in [0.3, 0.4) is 0 Å². The molecule has 0 bridgehead atoms. The first-order chi connectivity index (χ1) is 14.3. The van der Waals surface area contributed by atoms with Gasteiger partial charge in [0.2, 0.25) is 5.91 Å². The van der Waals surface area contributed by atoms with Gasteiger partial charge in [-0.3, -0.25) is 4.79 Å². The maximum Gasteiger partial charge on any atom is 0.239 e. The van der Waals surface area contributed by atoms with Gasteiger partial charge in [0.1, 0.15) is 0 Å². The number of benzene rings is 1. The first-order valence-corrected chi connectivity index (χ1v) is 11.7. The fourth-order valence-electron chi connectivity index (χ4n) is 4.50. The van der Waals surface area contributed by atoms with Crippen LogP contribution in [0.15, 0.2) is 24.3 Å². The number of rotatable bonds is 7. The minimum atomic E-state index is -0.493. The van der Waals surface area contributed by atoms with Gasteiger partial charge in [-0.1, -0.05) is 37.6 Å². The molecule has 30 heavy (non-hydrogen) atoms. The van der Waals surface area contributed by atoms with Crippen molar-refractivity contribution in [2.75, 3.05) is 52.9 Å². The SMILES string of the molecule is CC(C)CN(C1CCN(C(=O)[C@H](N)Cc2ccc(Cl)cc2)CC1)N1CCN(C)CC1. The Balaban J connectivity index is 1.53. The first-order valence-electron chi connectivity index (χ1n) is 11.3. The highest BCUT2D eigenvalue weighted by Gasteiger charge is 2.32. The van der Waals surface area contributed by atoms with Gasteiger partial charge in [-0.25, -0.2) is 10.0 Å². The number of likely N-dealkylation sites (N-methyl/N-ethyl adjacent to an activating group) is 1. The first kappa shape index (κ1) is 23.5. The number of nitrogens with two attached hydrogens (primary N) is 1. The van der Waals surface area contributed by atoms with Crippen molar-refractivity contribution < 1.29 is 4.79 Å². The Kier molecular flexibility index (Phi) is 8.54. The van der Waals surface area contributed by atoms with Crippen molar-refractivity contribution in [1.29, 1.82) is 0 Å². The number of carbonyl (C=O) groups is 1. The molecule has 1 atom stereocenters. The molecule has 0 unspecified atom stereocenters. The van der Waals surface area contributed by atoms with E-state index >= 15 is 0 Å². The average molecular weight is 436 g/mol. The van der Waals surface area contributed by atoms with Crippen molar-refractivity contribution in [2.45, 2.75) is 45.2 Å². The molecule has 2 saturated heterocycles. The predicted octanol–water partition coefficient (Wildman–Crippen LogP) is 2.32. The minimum absolute atomic E-state index is 0.0680. The lowest BCUT2D eigenvalue weighted by Crippen LogP contribution is -2.59. The van der Waals surface area contributed by atoms with E-state index in [1.807, 2.05) is 29.2 Å². The molecule has 168 valence electrons. The normalized spacial score (nSPS) is 20.8. The number of piperidine rings is 1. The smallest absolute Gasteiger partial charge is 0.239 e. The quantitative estimate of drug-likeness (QED) is 0.712. The van der Waals surface area contributed by atoms with Crippen molar-refractivity contribution in [2.24, 2.45) is 11.7 Å². The van der Waals surface area contributed by atoms with E-state index in [4.69, 9.17) is 17.3 Å². The summed E-state index contributed by atoms with van der Waals surface area (Å²) in [6.07, 6.45) is 2.58. The lowest BCUT2D eigenvalue weighted by molar-refractivity contribution is -0.137. The number of carbonyl (C=O) groups excluding carboxylic acids is 1. The number of hydrogen-bond donors (Lipinski definition) is 1. The lowest BCUT2D eigenvalue weighted by Gasteiger charge is -2.47. The van der Waals surface area contributed by atoms with E-state index in [9.17, 15) is 4.79 Å². The van der Waals surface area contributed by atoms with Gasteiger partial charge < -0.3 is 15.5 Å². The number of piperazine rings is 1. The molecule has 2 heterocycles. The summed E-state index contributed by atoms with van der Waals surface area (Å²) in [5, 5.41) is 5.86. The van der Waals surface area contributed by atoms with E-state index in [0.29, 0.717) is 23.4 Å². The summed E-state index contributed by atoms with van der Waals surface area (Å²) in [4.78, 5) is 17.3. The molecule has 3 rings (SSSR count). The van der Waals surface area contributed by atoms with Gasteiger partial charge in [0.15, 0.2) is 0 Å². The van der Waals surface area contributed by atoms with Gasteiger partial charge in [-0.05, 0) is 49.9 Å². The van der Waals surface area contributed by atoms with E-state index in [2.05, 4.69) is 35.8 Å². The van der Waals surface area contributed by atoms with E-state index in [1.54, 1.807) is 0 Å². The van der Waals surface area contributed by atoms with E-state index in [0.717, 1.165) is 64.2 Å². The molecule has 0 aromatic heterocycles. The monoisotopic (exact) mass is 435 g/mol. The largest absolute Gasteiger partial charge is 0.341 e. The van der Waals surface area contributed by atoms with Gasteiger partial charge in [-0.2, -0.15) is 0 Å². The van der Waals surface area contributed by atoms with Crippen LogP contribution in [0, 0.1) is 5.92 Å². The molecule has 2 fully saturated rings. The maximum absolute atomic E-state index is 12.9. The van der Waals surface area contributed by atoms with Gasteiger partial charge in [-0.15, -0.1) is 0 Å². The zero-order chi connectivity index (χ0) is 21.7. The summed E-state index contributed by atoms with van der Waals surface area (Å²) in [5.41, 5.74) is 7.31. The van der Waals surface area contributed by atoms with Crippen LogP contribution in [0.1, 0.15) is 32.3 Å². The van der Waals surface area contributed by atoms with Crippen LogP contribution in [0.5, 0.6) is 0 Å². The number of nitrogens with zero attached hydrogens (tertiary/aromatic N) is 4. The van der Waals surface area contributed by atoms with Crippen LogP contribution in [0.25, 0.3) is 0 Å². The standard InChI is InChI=1S/C23H38ClN5O/c1-18(2)17-29(28-14-12-26(3)13-15-28)21-8-10-27(11-9-21)23(30)22(25)16-19-4-6-20(24)7-5-19/h4-7,18,21-22H,8-17,25H2,1-3H3/t22-/m1/s1. The average Bonchev–Trinajstić information content (AvgIpc) is 2.74. The van der Waals surface area contributed by atoms with Crippen LogP contribution in [0.4, 0.5) is 0 Å². The second kappa shape index (κ2) is 10.9. The van der Waals surface area contributed by atoms with Crippen molar-refractivity contribution in [3.05, 3.63) is 34.9 Å². The molecule has 0 saturated carbocycles. The molecule has 0 aliphatic carbocycles. The zero-order valence-electron chi connectivity index (χ0n) is 18.8. The Morgan fingerprint density at radius 3 is 2.27 bits per heavy atom. The third kappa shape index (κ3) is 6.41. The Hall–Kier alpha value is -1.18. The number of halogens is 1. The van der Waals surface area contributed by atoms with E-state index in [-0.39, 0.29) is 5.91 Å². The molecule has 2 aliphatic heterocycles. The summed E-state index contributed by atoms with van der Waals surface area (Å²) in [6.45, 7) is 11.7. The molecule has 6 nitrogen and oxygen atoms in total. The van der Waals surface area contributed by atoms with Crippen molar-refractivity contribution in [3.63, 3.8) is 0 Å². The lowest BCUT2D eigenvalue weighted by atomic mass is 10.0. The van der Waals surface area contributed by atoms with Gasteiger partial charge in [0.25, 0.3) is 0 Å². The Morgan fingerprint density at radius 2 is 1.70 bits per heavy atom. The van der Waals surface area contributed by atoms with Gasteiger partial charge >= 0.3 is 0 Å². The van der Waals surface area contributed by atoms with Crippen LogP contribution >= 0.6 is 11.6 Å². The minimum Gasteiger partial charge on any atom is -0.341 e. The molecule has 2 N–H and O–H groups in total. The molecular formula is C23H38ClN5O. The predicted molar refractivity (Wildman–Crippen MR) is 123 cm³/mol. The van der Waals surface area contributed by atoms with Crippen LogP contribution < -0.4 is 5.73 Å². The number of hydrazine groups is 1.